The molecule has 2 rings (SSSR count). The van der Waals surface area contributed by atoms with Crippen molar-refractivity contribution in [3.05, 3.63) is 23.8 Å². The number of carboxylic acid groups (broad SMARTS) is 1. The molecule has 1 heterocycles. The molecule has 0 aliphatic carbocycles. The number of benzene rings is 1. The standard InChI is InChI=1S/C16H22N2O2S/c1-5-13(10(2)3)18-14-8-11(4)6-7-12(14)17-16(18)21-9-15(19)20/h6-8,10,13H,5,9H2,1-4H3,(H,19,20). The number of aryl methyl sites for hydroxylation is 1. The zero-order chi connectivity index (χ0) is 15.6. The highest BCUT2D eigenvalue weighted by Gasteiger charge is 2.21. The van der Waals surface area contributed by atoms with Crippen LogP contribution in [0.25, 0.3) is 11.0 Å². The average Bonchev–Trinajstić information content (AvgIpc) is 2.75. The summed E-state index contributed by atoms with van der Waals surface area (Å²) in [7, 11) is 0. The summed E-state index contributed by atoms with van der Waals surface area (Å²) < 4.78 is 2.22. The summed E-state index contributed by atoms with van der Waals surface area (Å²) in [6.07, 6.45) is 0.998. The summed E-state index contributed by atoms with van der Waals surface area (Å²) in [5.41, 5.74) is 3.23. The lowest BCUT2D eigenvalue weighted by atomic mass is 10.0. The zero-order valence-electron chi connectivity index (χ0n) is 13.0. The van der Waals surface area contributed by atoms with Crippen molar-refractivity contribution >= 4 is 28.8 Å². The molecule has 0 saturated heterocycles. The number of fused-ring (bicyclic) bond motifs is 1. The molecule has 1 atom stereocenters. The van der Waals surface area contributed by atoms with Crippen molar-refractivity contribution in [2.24, 2.45) is 5.92 Å². The number of carbonyl (C=O) groups is 1. The number of hydrogen-bond acceptors (Lipinski definition) is 3. The van der Waals surface area contributed by atoms with Crippen LogP contribution in [0.4, 0.5) is 0 Å². The van der Waals surface area contributed by atoms with Gasteiger partial charge >= 0.3 is 5.97 Å². The van der Waals surface area contributed by atoms with E-state index in [0.717, 1.165) is 22.6 Å². The lowest BCUT2D eigenvalue weighted by molar-refractivity contribution is -0.133. The summed E-state index contributed by atoms with van der Waals surface area (Å²) in [4.78, 5) is 15.5. The minimum Gasteiger partial charge on any atom is -0.481 e. The SMILES string of the molecule is CCC(C(C)C)n1c(SCC(=O)O)nc2ccc(C)cc21. The van der Waals surface area contributed by atoms with Crippen molar-refractivity contribution in [2.75, 3.05) is 5.75 Å². The molecule has 1 N–H and O–H groups in total. The Balaban J connectivity index is 2.57. The van der Waals surface area contributed by atoms with E-state index in [1.54, 1.807) is 0 Å². The van der Waals surface area contributed by atoms with E-state index in [4.69, 9.17) is 5.11 Å². The summed E-state index contributed by atoms with van der Waals surface area (Å²) in [5.74, 6) is -0.305. The van der Waals surface area contributed by atoms with Gasteiger partial charge in [-0.15, -0.1) is 0 Å². The molecule has 0 aliphatic heterocycles. The van der Waals surface area contributed by atoms with Gasteiger partial charge in [0.05, 0.1) is 16.8 Å². The van der Waals surface area contributed by atoms with Gasteiger partial charge in [-0.2, -0.15) is 0 Å². The molecular weight excluding hydrogens is 284 g/mol. The maximum atomic E-state index is 10.9. The zero-order valence-corrected chi connectivity index (χ0v) is 13.8. The summed E-state index contributed by atoms with van der Waals surface area (Å²) in [6, 6.07) is 6.52. The van der Waals surface area contributed by atoms with Crippen molar-refractivity contribution in [1.29, 1.82) is 0 Å². The van der Waals surface area contributed by atoms with Crippen molar-refractivity contribution in [1.82, 2.24) is 9.55 Å². The topological polar surface area (TPSA) is 55.1 Å². The Morgan fingerprint density at radius 2 is 2.14 bits per heavy atom. The van der Waals surface area contributed by atoms with Crippen molar-refractivity contribution in [2.45, 2.75) is 45.3 Å². The van der Waals surface area contributed by atoms with Gasteiger partial charge in [0.2, 0.25) is 0 Å². The molecule has 21 heavy (non-hydrogen) atoms. The van der Waals surface area contributed by atoms with Crippen LogP contribution in [0.2, 0.25) is 0 Å². The molecule has 1 aromatic heterocycles. The van der Waals surface area contributed by atoms with Crippen LogP contribution in [-0.4, -0.2) is 26.4 Å². The molecule has 0 radical (unpaired) electrons. The predicted octanol–water partition coefficient (Wildman–Crippen LogP) is 4.13. The van der Waals surface area contributed by atoms with Gasteiger partial charge in [0.15, 0.2) is 5.16 Å². The van der Waals surface area contributed by atoms with E-state index in [1.807, 2.05) is 12.1 Å². The van der Waals surface area contributed by atoms with Gasteiger partial charge in [0.1, 0.15) is 0 Å². The molecule has 2 aromatic rings. The molecule has 5 heteroatoms. The first-order chi connectivity index (χ1) is 9.93. The highest BCUT2D eigenvalue weighted by atomic mass is 32.2. The first-order valence-electron chi connectivity index (χ1n) is 7.27. The van der Waals surface area contributed by atoms with Crippen LogP contribution < -0.4 is 0 Å². The molecule has 4 nitrogen and oxygen atoms in total. The number of imidazole rings is 1. The fraction of sp³-hybridized carbons (Fsp3) is 0.500. The molecule has 0 spiro atoms. The molecule has 0 saturated carbocycles. The van der Waals surface area contributed by atoms with E-state index in [9.17, 15) is 4.79 Å². The highest BCUT2D eigenvalue weighted by molar-refractivity contribution is 7.99. The second-order valence-corrected chi connectivity index (χ2v) is 6.60. The van der Waals surface area contributed by atoms with E-state index in [2.05, 4.69) is 43.3 Å². The third kappa shape index (κ3) is 3.40. The lowest BCUT2D eigenvalue weighted by Gasteiger charge is -2.23. The fourth-order valence-corrected chi connectivity index (χ4v) is 3.47. The van der Waals surface area contributed by atoms with Crippen LogP contribution in [0, 0.1) is 12.8 Å². The maximum absolute atomic E-state index is 10.9. The number of rotatable bonds is 6. The molecule has 0 amide bonds. The largest absolute Gasteiger partial charge is 0.481 e. The molecule has 1 aromatic carbocycles. The van der Waals surface area contributed by atoms with Crippen molar-refractivity contribution in [3.8, 4) is 0 Å². The third-order valence-corrected chi connectivity index (χ3v) is 4.59. The third-order valence-electron chi connectivity index (χ3n) is 3.66. The summed E-state index contributed by atoms with van der Waals surface area (Å²) in [6.45, 7) is 8.62. The van der Waals surface area contributed by atoms with Crippen LogP contribution in [0.15, 0.2) is 23.4 Å². The number of hydrogen-bond donors (Lipinski definition) is 1. The summed E-state index contributed by atoms with van der Waals surface area (Å²) in [5, 5.41) is 9.74. The van der Waals surface area contributed by atoms with Crippen LogP contribution >= 0.6 is 11.8 Å². The van der Waals surface area contributed by atoms with Crippen molar-refractivity contribution in [3.63, 3.8) is 0 Å². The van der Waals surface area contributed by atoms with E-state index in [1.165, 1.54) is 17.3 Å². The molecular formula is C16H22N2O2S. The molecule has 0 fully saturated rings. The Morgan fingerprint density at radius 3 is 2.71 bits per heavy atom. The smallest absolute Gasteiger partial charge is 0.313 e. The van der Waals surface area contributed by atoms with Gasteiger partial charge in [0.25, 0.3) is 0 Å². The van der Waals surface area contributed by atoms with Gasteiger partial charge in [-0.05, 0) is 37.0 Å². The van der Waals surface area contributed by atoms with E-state index in [-0.39, 0.29) is 5.75 Å². The monoisotopic (exact) mass is 306 g/mol. The quantitative estimate of drug-likeness (QED) is 0.815. The predicted molar refractivity (Wildman–Crippen MR) is 87.0 cm³/mol. The van der Waals surface area contributed by atoms with E-state index < -0.39 is 5.97 Å². The van der Waals surface area contributed by atoms with Gasteiger partial charge in [0, 0.05) is 6.04 Å². The Bertz CT molecular complexity index is 649. The van der Waals surface area contributed by atoms with E-state index in [0.29, 0.717) is 12.0 Å². The lowest BCUT2D eigenvalue weighted by Crippen LogP contribution is -2.15. The molecule has 0 bridgehead atoms. The van der Waals surface area contributed by atoms with Gasteiger partial charge in [-0.1, -0.05) is 38.6 Å². The molecule has 114 valence electrons. The molecule has 0 aliphatic rings. The summed E-state index contributed by atoms with van der Waals surface area (Å²) >= 11 is 1.30. The first kappa shape index (κ1) is 15.9. The highest BCUT2D eigenvalue weighted by Crippen LogP contribution is 2.33. The normalized spacial score (nSPS) is 13.0. The minimum atomic E-state index is -0.813. The number of aromatic nitrogens is 2. The second-order valence-electron chi connectivity index (χ2n) is 5.66. The van der Waals surface area contributed by atoms with Gasteiger partial charge in [-0.3, -0.25) is 4.79 Å². The number of nitrogens with zero attached hydrogens (tertiary/aromatic N) is 2. The first-order valence-corrected chi connectivity index (χ1v) is 8.25. The van der Waals surface area contributed by atoms with Crippen LogP contribution in [0.1, 0.15) is 38.8 Å². The number of thioether (sulfide) groups is 1. The number of aliphatic carboxylic acids is 1. The Morgan fingerprint density at radius 1 is 1.43 bits per heavy atom. The van der Waals surface area contributed by atoms with Crippen LogP contribution in [-0.2, 0) is 4.79 Å². The van der Waals surface area contributed by atoms with Crippen LogP contribution in [0.3, 0.4) is 0 Å². The Kier molecular flexibility index (Phi) is 4.93. The minimum absolute atomic E-state index is 0.0385. The fourth-order valence-electron chi connectivity index (χ4n) is 2.68. The second kappa shape index (κ2) is 6.52. The van der Waals surface area contributed by atoms with Gasteiger partial charge < -0.3 is 9.67 Å². The average molecular weight is 306 g/mol. The number of carboxylic acids is 1. The Hall–Kier alpha value is -1.49. The van der Waals surface area contributed by atoms with E-state index >= 15 is 0 Å². The van der Waals surface area contributed by atoms with Crippen molar-refractivity contribution < 1.29 is 9.90 Å². The van der Waals surface area contributed by atoms with Gasteiger partial charge in [-0.25, -0.2) is 4.98 Å². The Labute approximate surface area is 129 Å². The maximum Gasteiger partial charge on any atom is 0.313 e. The molecule has 1 unspecified atom stereocenters. The van der Waals surface area contributed by atoms with Crippen LogP contribution in [0.5, 0.6) is 0 Å².